The molecule has 2 aromatic carbocycles. The van der Waals surface area contributed by atoms with Crippen LogP contribution >= 0.6 is 11.8 Å². The van der Waals surface area contributed by atoms with Crippen molar-refractivity contribution < 1.29 is 14.2 Å². The quantitative estimate of drug-likeness (QED) is 0.818. The van der Waals surface area contributed by atoms with Gasteiger partial charge < -0.3 is 14.7 Å². The van der Waals surface area contributed by atoms with Crippen LogP contribution in [0.2, 0.25) is 0 Å². The molecule has 22 heavy (non-hydrogen) atoms. The van der Waals surface area contributed by atoms with Crippen LogP contribution < -0.4 is 4.74 Å². The van der Waals surface area contributed by atoms with E-state index in [-0.39, 0.29) is 12.4 Å². The van der Waals surface area contributed by atoms with Crippen molar-refractivity contribution in [2.75, 3.05) is 20.4 Å². The number of hydrogen-bond donors (Lipinski definition) is 1. The molecular weight excluding hydrogens is 301 g/mol. The highest BCUT2D eigenvalue weighted by Crippen LogP contribution is 2.30. The minimum absolute atomic E-state index is 0.0161. The standard InChI is InChI=1S/C17H20FNO2S/c1-19(2)10-13-8-12(11-20)4-6-16(13)21-14-5-7-17(22-3)15(18)9-14/h4-9,20H,10-11H2,1-3H3. The van der Waals surface area contributed by atoms with Gasteiger partial charge in [-0.15, -0.1) is 11.8 Å². The molecule has 5 heteroatoms. The second-order valence-corrected chi connectivity index (χ2v) is 6.08. The lowest BCUT2D eigenvalue weighted by Crippen LogP contribution is -2.11. The summed E-state index contributed by atoms with van der Waals surface area (Å²) < 4.78 is 19.7. The summed E-state index contributed by atoms with van der Waals surface area (Å²) in [5.41, 5.74) is 1.78. The number of benzene rings is 2. The Labute approximate surface area is 134 Å². The van der Waals surface area contributed by atoms with Gasteiger partial charge >= 0.3 is 0 Å². The number of rotatable bonds is 6. The topological polar surface area (TPSA) is 32.7 Å². The van der Waals surface area contributed by atoms with Crippen LogP contribution in [-0.2, 0) is 13.2 Å². The molecule has 0 amide bonds. The Morgan fingerprint density at radius 2 is 1.95 bits per heavy atom. The van der Waals surface area contributed by atoms with Crippen molar-refractivity contribution >= 4 is 11.8 Å². The Hall–Kier alpha value is -1.56. The zero-order valence-electron chi connectivity index (χ0n) is 13.0. The molecule has 0 unspecified atom stereocenters. The number of nitrogens with zero attached hydrogens (tertiary/aromatic N) is 1. The highest BCUT2D eigenvalue weighted by molar-refractivity contribution is 7.98. The van der Waals surface area contributed by atoms with Gasteiger partial charge in [-0.2, -0.15) is 0 Å². The largest absolute Gasteiger partial charge is 0.457 e. The zero-order valence-corrected chi connectivity index (χ0v) is 13.8. The molecule has 0 fully saturated rings. The highest BCUT2D eigenvalue weighted by Gasteiger charge is 2.09. The predicted octanol–water partition coefficient (Wildman–Crippen LogP) is 3.89. The summed E-state index contributed by atoms with van der Waals surface area (Å²) in [6, 6.07) is 10.4. The fourth-order valence-corrected chi connectivity index (χ4v) is 2.59. The SMILES string of the molecule is CSc1ccc(Oc2ccc(CO)cc2CN(C)C)cc1F. The molecule has 0 spiro atoms. The zero-order chi connectivity index (χ0) is 16.1. The minimum atomic E-state index is -0.286. The summed E-state index contributed by atoms with van der Waals surface area (Å²) in [5.74, 6) is 0.848. The predicted molar refractivity (Wildman–Crippen MR) is 88.0 cm³/mol. The lowest BCUT2D eigenvalue weighted by atomic mass is 10.1. The van der Waals surface area contributed by atoms with E-state index in [4.69, 9.17) is 4.74 Å². The second kappa shape index (κ2) is 7.63. The first-order valence-electron chi connectivity index (χ1n) is 6.92. The number of ether oxygens (including phenoxy) is 1. The van der Waals surface area contributed by atoms with Crippen LogP contribution in [0.1, 0.15) is 11.1 Å². The van der Waals surface area contributed by atoms with E-state index in [9.17, 15) is 9.50 Å². The fourth-order valence-electron chi connectivity index (χ4n) is 2.13. The van der Waals surface area contributed by atoms with Gasteiger partial charge in [-0.25, -0.2) is 4.39 Å². The molecule has 118 valence electrons. The van der Waals surface area contributed by atoms with E-state index in [1.807, 2.05) is 37.4 Å². The van der Waals surface area contributed by atoms with Gasteiger partial charge in [0.05, 0.1) is 6.61 Å². The van der Waals surface area contributed by atoms with Gasteiger partial charge in [0, 0.05) is 23.1 Å². The molecule has 0 heterocycles. The number of aliphatic hydroxyl groups is 1. The molecule has 0 radical (unpaired) electrons. The maximum Gasteiger partial charge on any atom is 0.140 e. The number of thioether (sulfide) groups is 1. The molecule has 0 saturated carbocycles. The lowest BCUT2D eigenvalue weighted by molar-refractivity contribution is 0.281. The average Bonchev–Trinajstić information content (AvgIpc) is 2.48. The van der Waals surface area contributed by atoms with Crippen LogP contribution in [0.4, 0.5) is 4.39 Å². The third-order valence-corrected chi connectivity index (χ3v) is 3.92. The summed E-state index contributed by atoms with van der Waals surface area (Å²) in [6.45, 7) is 0.659. The van der Waals surface area contributed by atoms with Gasteiger partial charge in [0.2, 0.25) is 0 Å². The van der Waals surface area contributed by atoms with Gasteiger partial charge in [-0.3, -0.25) is 0 Å². The van der Waals surface area contributed by atoms with Crippen LogP contribution in [0.15, 0.2) is 41.3 Å². The van der Waals surface area contributed by atoms with Crippen LogP contribution in [0.3, 0.4) is 0 Å². The van der Waals surface area contributed by atoms with Crippen molar-refractivity contribution in [2.45, 2.75) is 18.0 Å². The van der Waals surface area contributed by atoms with E-state index < -0.39 is 0 Å². The maximum atomic E-state index is 13.8. The Morgan fingerprint density at radius 1 is 1.18 bits per heavy atom. The van der Waals surface area contributed by atoms with Crippen molar-refractivity contribution in [2.24, 2.45) is 0 Å². The third kappa shape index (κ3) is 4.22. The molecule has 1 N–H and O–H groups in total. The second-order valence-electron chi connectivity index (χ2n) is 5.24. The van der Waals surface area contributed by atoms with Crippen LogP contribution in [0.25, 0.3) is 0 Å². The number of hydrogen-bond acceptors (Lipinski definition) is 4. The molecule has 0 atom stereocenters. The first-order chi connectivity index (χ1) is 10.5. The monoisotopic (exact) mass is 321 g/mol. The van der Waals surface area contributed by atoms with E-state index in [2.05, 4.69) is 0 Å². The Balaban J connectivity index is 2.29. The molecule has 3 nitrogen and oxygen atoms in total. The molecular formula is C17H20FNO2S. The maximum absolute atomic E-state index is 13.8. The van der Waals surface area contributed by atoms with Crippen molar-refractivity contribution in [1.29, 1.82) is 0 Å². The van der Waals surface area contributed by atoms with E-state index in [1.54, 1.807) is 18.2 Å². The normalized spacial score (nSPS) is 11.0. The van der Waals surface area contributed by atoms with Crippen LogP contribution in [0, 0.1) is 5.82 Å². The van der Waals surface area contributed by atoms with Gasteiger partial charge in [-0.1, -0.05) is 6.07 Å². The first-order valence-corrected chi connectivity index (χ1v) is 8.14. The molecule has 0 saturated heterocycles. The smallest absolute Gasteiger partial charge is 0.140 e. The summed E-state index contributed by atoms with van der Waals surface area (Å²) in [5, 5.41) is 9.26. The highest BCUT2D eigenvalue weighted by atomic mass is 32.2. The molecule has 2 aromatic rings. The molecule has 0 aliphatic rings. The van der Waals surface area contributed by atoms with Crippen molar-refractivity contribution in [3.8, 4) is 11.5 Å². The summed E-state index contributed by atoms with van der Waals surface area (Å²) >= 11 is 1.36. The van der Waals surface area contributed by atoms with Crippen LogP contribution in [-0.4, -0.2) is 30.4 Å². The Morgan fingerprint density at radius 3 is 2.55 bits per heavy atom. The van der Waals surface area contributed by atoms with Gasteiger partial charge in [0.15, 0.2) is 0 Å². The first kappa shape index (κ1) is 16.8. The molecule has 0 aliphatic heterocycles. The van der Waals surface area contributed by atoms with Gasteiger partial charge in [0.25, 0.3) is 0 Å². The van der Waals surface area contributed by atoms with E-state index >= 15 is 0 Å². The summed E-state index contributed by atoms with van der Waals surface area (Å²) in [7, 11) is 3.92. The van der Waals surface area contributed by atoms with Gasteiger partial charge in [-0.05, 0) is 50.2 Å². The van der Waals surface area contributed by atoms with Crippen molar-refractivity contribution in [1.82, 2.24) is 4.90 Å². The van der Waals surface area contributed by atoms with Crippen molar-refractivity contribution in [3.63, 3.8) is 0 Å². The minimum Gasteiger partial charge on any atom is -0.457 e. The van der Waals surface area contributed by atoms with Crippen LogP contribution in [0.5, 0.6) is 11.5 Å². The lowest BCUT2D eigenvalue weighted by Gasteiger charge is -2.16. The van der Waals surface area contributed by atoms with E-state index in [0.29, 0.717) is 22.9 Å². The Bertz CT molecular complexity index is 647. The van der Waals surface area contributed by atoms with Crippen molar-refractivity contribution in [3.05, 3.63) is 53.3 Å². The number of halogens is 1. The molecule has 0 aromatic heterocycles. The molecule has 0 aliphatic carbocycles. The van der Waals surface area contributed by atoms with Gasteiger partial charge in [0.1, 0.15) is 17.3 Å². The summed E-state index contributed by atoms with van der Waals surface area (Å²) in [4.78, 5) is 2.61. The van der Waals surface area contributed by atoms with E-state index in [0.717, 1.165) is 11.1 Å². The average molecular weight is 321 g/mol. The number of aliphatic hydroxyl groups excluding tert-OH is 1. The van der Waals surface area contributed by atoms with E-state index in [1.165, 1.54) is 17.8 Å². The molecule has 2 rings (SSSR count). The third-order valence-electron chi connectivity index (χ3n) is 3.15. The summed E-state index contributed by atoms with van der Waals surface area (Å²) in [6.07, 6.45) is 1.84. The Kier molecular flexibility index (Phi) is 5.83. The fraction of sp³-hybridized carbons (Fsp3) is 0.294. The molecule has 0 bridgehead atoms.